The van der Waals surface area contributed by atoms with Gasteiger partial charge in [-0.15, -0.1) is 0 Å². The molecule has 1 saturated heterocycles. The molecule has 2 atom stereocenters. The van der Waals surface area contributed by atoms with E-state index in [1.807, 2.05) is 18.7 Å². The van der Waals surface area contributed by atoms with E-state index in [0.29, 0.717) is 71.6 Å². The molecule has 0 spiro atoms. The first-order valence-electron chi connectivity index (χ1n) is 13.6. The lowest BCUT2D eigenvalue weighted by Crippen LogP contribution is -2.56. The van der Waals surface area contributed by atoms with E-state index in [1.54, 1.807) is 48.2 Å². The number of carbonyl (C=O) groups excluding carboxylic acids is 3. The molecule has 5 rings (SSSR count). The second kappa shape index (κ2) is 12.2. The number of ether oxygens (including phenoxy) is 3. The Morgan fingerprint density at radius 3 is 2.61 bits per heavy atom. The molecule has 3 aliphatic rings. The molecule has 0 aliphatic carbocycles. The van der Waals surface area contributed by atoms with E-state index in [2.05, 4.69) is 10.2 Å². The van der Waals surface area contributed by atoms with Crippen molar-refractivity contribution in [2.75, 3.05) is 46.1 Å². The van der Waals surface area contributed by atoms with Gasteiger partial charge >= 0.3 is 12.0 Å². The fraction of sp³-hybridized carbons (Fsp3) is 0.414. The third-order valence-corrected chi connectivity index (χ3v) is 8.34. The lowest BCUT2D eigenvalue weighted by atomic mass is 9.93. The lowest BCUT2D eigenvalue weighted by Gasteiger charge is -2.43. The highest BCUT2D eigenvalue weighted by Gasteiger charge is 2.40. The molecular weight excluding hydrogens is 571 g/mol. The number of likely N-dealkylation sites (N-methyl/N-ethyl adjacent to an activating group) is 1. The van der Waals surface area contributed by atoms with Gasteiger partial charge in [0.05, 0.1) is 28.3 Å². The quantitative estimate of drug-likeness (QED) is 0.467. The average Bonchev–Trinajstić information content (AvgIpc) is 3.42. The molecule has 1 fully saturated rings. The van der Waals surface area contributed by atoms with Crippen LogP contribution < -0.4 is 14.8 Å². The number of amides is 3. The Balaban J connectivity index is 1.42. The van der Waals surface area contributed by atoms with Gasteiger partial charge in [-0.1, -0.05) is 35.3 Å². The molecule has 10 nitrogen and oxygen atoms in total. The summed E-state index contributed by atoms with van der Waals surface area (Å²) >= 11 is 12.8. The van der Waals surface area contributed by atoms with E-state index < -0.39 is 12.0 Å². The Labute approximate surface area is 248 Å². The van der Waals surface area contributed by atoms with E-state index in [1.165, 1.54) is 0 Å². The maximum absolute atomic E-state index is 13.4. The van der Waals surface area contributed by atoms with E-state index >= 15 is 0 Å². The summed E-state index contributed by atoms with van der Waals surface area (Å²) in [4.78, 5) is 45.6. The Morgan fingerprint density at radius 1 is 1.10 bits per heavy atom. The third-order valence-electron chi connectivity index (χ3n) is 7.51. The van der Waals surface area contributed by atoms with E-state index in [0.717, 1.165) is 0 Å². The molecule has 1 N–H and O–H groups in total. The van der Waals surface area contributed by atoms with Gasteiger partial charge in [-0.25, -0.2) is 9.59 Å². The minimum Gasteiger partial charge on any atom is -0.463 e. The second-order valence-corrected chi connectivity index (χ2v) is 10.8. The summed E-state index contributed by atoms with van der Waals surface area (Å²) in [5.74, 6) is 0.557. The van der Waals surface area contributed by atoms with E-state index in [9.17, 15) is 14.4 Å². The monoisotopic (exact) mass is 602 g/mol. The van der Waals surface area contributed by atoms with Gasteiger partial charge in [0.25, 0.3) is 5.91 Å². The standard InChI is InChI=1S/C29H32Cl2N4O6/c1-4-34-21(24(28(37)39-5-2)26(32-29(34)38)19-7-6-8-20(30)25(19)31)15-33-11-12-35(17(3)14-33)27(36)18-9-10-22-23(13-18)41-16-40-22/h6-10,13,17,26H,4-5,11-12,14-16H2,1-3H3,(H,32,38)/t17-,26-/m0/s1. The first-order chi connectivity index (χ1) is 19.7. The van der Waals surface area contributed by atoms with E-state index in [-0.39, 0.29) is 36.4 Å². The van der Waals surface area contributed by atoms with Crippen molar-refractivity contribution >= 4 is 41.1 Å². The number of benzene rings is 2. The minimum absolute atomic E-state index is 0.0928. The van der Waals surface area contributed by atoms with Crippen LogP contribution in [0.2, 0.25) is 10.0 Å². The highest BCUT2D eigenvalue weighted by Crippen LogP contribution is 2.38. The Bertz CT molecular complexity index is 1400. The summed E-state index contributed by atoms with van der Waals surface area (Å²) < 4.78 is 16.3. The fourth-order valence-electron chi connectivity index (χ4n) is 5.52. The number of urea groups is 1. The van der Waals surface area contributed by atoms with Gasteiger partial charge in [-0.05, 0) is 50.6 Å². The number of rotatable bonds is 7. The number of piperazine rings is 1. The first-order valence-corrected chi connectivity index (χ1v) is 14.3. The van der Waals surface area contributed by atoms with Crippen LogP contribution in [0.4, 0.5) is 4.79 Å². The predicted octanol–water partition coefficient (Wildman–Crippen LogP) is 4.47. The number of nitrogens with zero attached hydrogens (tertiary/aromatic N) is 3. The molecule has 0 unspecified atom stereocenters. The van der Waals surface area contributed by atoms with Crippen molar-refractivity contribution in [3.63, 3.8) is 0 Å². The van der Waals surface area contributed by atoms with Crippen molar-refractivity contribution in [3.05, 3.63) is 68.8 Å². The predicted molar refractivity (Wildman–Crippen MR) is 153 cm³/mol. The SMILES string of the molecule is CCOC(=O)C1=C(CN2CCN(C(=O)c3ccc4c(c3)OCO4)[C@@H](C)C2)N(CC)C(=O)N[C@H]1c1cccc(Cl)c1Cl. The maximum atomic E-state index is 13.4. The average molecular weight is 604 g/mol. The molecule has 2 aromatic rings. The number of halogens is 2. The molecule has 2 aromatic carbocycles. The smallest absolute Gasteiger partial charge is 0.338 e. The van der Waals surface area contributed by atoms with Gasteiger partial charge in [0, 0.05) is 50.0 Å². The maximum Gasteiger partial charge on any atom is 0.338 e. The molecular formula is C29H32Cl2N4O6. The summed E-state index contributed by atoms with van der Waals surface area (Å²) in [5.41, 5.74) is 1.89. The van der Waals surface area contributed by atoms with Crippen molar-refractivity contribution in [2.24, 2.45) is 0 Å². The number of hydrogen-bond donors (Lipinski definition) is 1. The largest absolute Gasteiger partial charge is 0.463 e. The van der Waals surface area contributed by atoms with Gasteiger partial charge in [0.1, 0.15) is 0 Å². The summed E-state index contributed by atoms with van der Waals surface area (Å²) in [6.07, 6.45) is 0. The van der Waals surface area contributed by atoms with Crippen LogP contribution in [0, 0.1) is 0 Å². The van der Waals surface area contributed by atoms with Crippen LogP contribution in [0.25, 0.3) is 0 Å². The Kier molecular flexibility index (Phi) is 8.63. The van der Waals surface area contributed by atoms with Crippen LogP contribution in [0.15, 0.2) is 47.7 Å². The van der Waals surface area contributed by atoms with Gasteiger partial charge in [-0.2, -0.15) is 0 Å². The van der Waals surface area contributed by atoms with Gasteiger partial charge < -0.3 is 24.4 Å². The first kappa shape index (κ1) is 29.0. The Morgan fingerprint density at radius 2 is 1.88 bits per heavy atom. The second-order valence-electron chi connectivity index (χ2n) is 10.0. The lowest BCUT2D eigenvalue weighted by molar-refractivity contribution is -0.139. The van der Waals surface area contributed by atoms with Gasteiger partial charge in [-0.3, -0.25) is 14.6 Å². The van der Waals surface area contributed by atoms with E-state index in [4.69, 9.17) is 37.4 Å². The third kappa shape index (κ3) is 5.68. The zero-order valence-electron chi connectivity index (χ0n) is 23.1. The van der Waals surface area contributed by atoms with Gasteiger partial charge in [0.2, 0.25) is 6.79 Å². The minimum atomic E-state index is -0.836. The molecule has 3 amide bonds. The number of carbonyl (C=O) groups is 3. The van der Waals surface area contributed by atoms with Crippen molar-refractivity contribution in [1.82, 2.24) is 20.0 Å². The highest BCUT2D eigenvalue weighted by molar-refractivity contribution is 6.42. The summed E-state index contributed by atoms with van der Waals surface area (Å²) in [6.45, 7) is 8.08. The number of fused-ring (bicyclic) bond motifs is 1. The molecule has 3 heterocycles. The molecule has 0 aromatic heterocycles. The van der Waals surface area contributed by atoms with Crippen LogP contribution in [0.5, 0.6) is 11.5 Å². The van der Waals surface area contributed by atoms with Crippen LogP contribution >= 0.6 is 23.2 Å². The molecule has 0 bridgehead atoms. The number of esters is 1. The topological polar surface area (TPSA) is 101 Å². The molecule has 12 heteroatoms. The van der Waals surface area contributed by atoms with Crippen LogP contribution in [-0.4, -0.2) is 84.8 Å². The van der Waals surface area contributed by atoms with Crippen LogP contribution in [0.1, 0.15) is 42.7 Å². The van der Waals surface area contributed by atoms with Crippen molar-refractivity contribution < 1.29 is 28.6 Å². The van der Waals surface area contributed by atoms with Crippen LogP contribution in [0.3, 0.4) is 0 Å². The zero-order valence-corrected chi connectivity index (χ0v) is 24.6. The summed E-state index contributed by atoms with van der Waals surface area (Å²) in [6, 6.07) is 9.00. The number of hydrogen-bond acceptors (Lipinski definition) is 7. The molecule has 0 saturated carbocycles. The van der Waals surface area contributed by atoms with Crippen LogP contribution in [-0.2, 0) is 9.53 Å². The zero-order chi connectivity index (χ0) is 29.3. The summed E-state index contributed by atoms with van der Waals surface area (Å²) in [5, 5.41) is 3.50. The molecule has 0 radical (unpaired) electrons. The van der Waals surface area contributed by atoms with Gasteiger partial charge in [0.15, 0.2) is 11.5 Å². The van der Waals surface area contributed by atoms with Crippen molar-refractivity contribution in [3.8, 4) is 11.5 Å². The normalized spacial score (nSPS) is 20.8. The summed E-state index contributed by atoms with van der Waals surface area (Å²) in [7, 11) is 0. The van der Waals surface area contributed by atoms with Crippen molar-refractivity contribution in [2.45, 2.75) is 32.9 Å². The molecule has 3 aliphatic heterocycles. The molecule has 41 heavy (non-hydrogen) atoms. The van der Waals surface area contributed by atoms with Crippen molar-refractivity contribution in [1.29, 1.82) is 0 Å². The Hall–Kier alpha value is -3.47. The molecule has 218 valence electrons. The fourth-order valence-corrected chi connectivity index (χ4v) is 5.94. The number of nitrogens with one attached hydrogen (secondary N) is 1. The highest BCUT2D eigenvalue weighted by atomic mass is 35.5.